The Balaban J connectivity index is 1.94. The highest BCUT2D eigenvalue weighted by Crippen LogP contribution is 2.35. The van der Waals surface area contributed by atoms with E-state index in [2.05, 4.69) is 9.97 Å². The molecule has 0 spiro atoms. The highest BCUT2D eigenvalue weighted by atomic mass is 19.1. The van der Waals surface area contributed by atoms with Crippen molar-refractivity contribution in [3.63, 3.8) is 0 Å². The Labute approximate surface area is 144 Å². The summed E-state index contributed by atoms with van der Waals surface area (Å²) in [6, 6.07) is 23.4. The maximum Gasteiger partial charge on any atom is 0.142 e. The van der Waals surface area contributed by atoms with E-state index in [-0.39, 0.29) is 5.75 Å². The van der Waals surface area contributed by atoms with Crippen LogP contribution < -0.4 is 0 Å². The van der Waals surface area contributed by atoms with E-state index in [1.165, 1.54) is 18.2 Å². The van der Waals surface area contributed by atoms with Crippen LogP contribution in [-0.2, 0) is 0 Å². The van der Waals surface area contributed by atoms with Gasteiger partial charge in [0.05, 0.1) is 17.0 Å². The summed E-state index contributed by atoms with van der Waals surface area (Å²) in [5, 5.41) is 10.1. The average Bonchev–Trinajstić information content (AvgIpc) is 3.10. The molecule has 0 saturated carbocycles. The van der Waals surface area contributed by atoms with Gasteiger partial charge in [-0.25, -0.2) is 9.37 Å². The summed E-state index contributed by atoms with van der Waals surface area (Å²) in [7, 11) is 0. The number of aromatic nitrogens is 2. The van der Waals surface area contributed by atoms with Gasteiger partial charge in [-0.2, -0.15) is 0 Å². The first-order valence-corrected chi connectivity index (χ1v) is 7.92. The smallest absolute Gasteiger partial charge is 0.142 e. The minimum absolute atomic E-state index is 0.0191. The van der Waals surface area contributed by atoms with Crippen molar-refractivity contribution in [2.75, 3.05) is 0 Å². The number of nitrogens with one attached hydrogen (secondary N) is 1. The van der Waals surface area contributed by atoms with Gasteiger partial charge in [0.25, 0.3) is 0 Å². The van der Waals surface area contributed by atoms with Crippen LogP contribution in [0.15, 0.2) is 78.9 Å². The summed E-state index contributed by atoms with van der Waals surface area (Å²) >= 11 is 0. The summed E-state index contributed by atoms with van der Waals surface area (Å²) in [5.74, 6) is -0.0178. The van der Waals surface area contributed by atoms with Crippen LogP contribution in [0.1, 0.15) is 0 Å². The van der Waals surface area contributed by atoms with Crippen molar-refractivity contribution in [1.82, 2.24) is 9.97 Å². The average molecular weight is 330 g/mol. The number of halogens is 1. The number of phenols is 1. The van der Waals surface area contributed by atoms with Gasteiger partial charge in [0.1, 0.15) is 17.4 Å². The zero-order chi connectivity index (χ0) is 17.2. The lowest BCUT2D eigenvalue weighted by Gasteiger charge is -2.02. The van der Waals surface area contributed by atoms with Crippen LogP contribution in [-0.4, -0.2) is 15.1 Å². The molecule has 0 aliphatic rings. The summed E-state index contributed by atoms with van der Waals surface area (Å²) < 4.78 is 13.6. The molecule has 0 fully saturated rings. The molecule has 4 aromatic rings. The van der Waals surface area contributed by atoms with E-state index in [0.717, 1.165) is 22.5 Å². The van der Waals surface area contributed by atoms with Crippen molar-refractivity contribution in [3.05, 3.63) is 84.7 Å². The van der Waals surface area contributed by atoms with Crippen molar-refractivity contribution in [1.29, 1.82) is 0 Å². The second kappa shape index (κ2) is 6.24. The van der Waals surface area contributed by atoms with Crippen LogP contribution in [0.5, 0.6) is 5.75 Å². The summed E-state index contributed by atoms with van der Waals surface area (Å²) in [4.78, 5) is 7.89. The molecular formula is C21H15FN2O. The number of hydrogen-bond donors (Lipinski definition) is 2. The molecule has 0 bridgehead atoms. The molecule has 0 atom stereocenters. The first kappa shape index (κ1) is 15.1. The van der Waals surface area contributed by atoms with Crippen LogP contribution in [0.25, 0.3) is 33.9 Å². The van der Waals surface area contributed by atoms with Gasteiger partial charge in [-0.3, -0.25) is 0 Å². The summed E-state index contributed by atoms with van der Waals surface area (Å²) in [6.07, 6.45) is 0. The van der Waals surface area contributed by atoms with E-state index in [1.54, 1.807) is 0 Å². The monoisotopic (exact) mass is 330 g/mol. The number of imidazole rings is 1. The Hall–Kier alpha value is -3.40. The third-order valence-electron chi connectivity index (χ3n) is 4.03. The van der Waals surface area contributed by atoms with Gasteiger partial charge in [-0.15, -0.1) is 0 Å². The summed E-state index contributed by atoms with van der Waals surface area (Å²) in [6.45, 7) is 0. The summed E-state index contributed by atoms with van der Waals surface area (Å²) in [5.41, 5.74) is 3.83. The van der Waals surface area contributed by atoms with E-state index in [4.69, 9.17) is 0 Å². The maximum absolute atomic E-state index is 13.6. The van der Waals surface area contributed by atoms with Crippen LogP contribution >= 0.6 is 0 Å². The predicted molar refractivity (Wildman–Crippen MR) is 96.5 cm³/mol. The molecule has 0 unspecified atom stereocenters. The molecule has 0 saturated heterocycles. The topological polar surface area (TPSA) is 48.9 Å². The van der Waals surface area contributed by atoms with Gasteiger partial charge in [0.15, 0.2) is 0 Å². The fourth-order valence-electron chi connectivity index (χ4n) is 2.82. The zero-order valence-electron chi connectivity index (χ0n) is 13.3. The molecule has 2 N–H and O–H groups in total. The molecule has 0 radical (unpaired) electrons. The number of hydrogen-bond acceptors (Lipinski definition) is 2. The van der Waals surface area contributed by atoms with Crippen LogP contribution in [0.4, 0.5) is 4.39 Å². The fourth-order valence-corrected chi connectivity index (χ4v) is 2.82. The molecular weight excluding hydrogens is 315 g/mol. The standard InChI is InChI=1S/C21H15FN2O/c22-16-11-12-18(25)17(13-16)21-23-19(14-7-3-1-4-8-14)20(24-21)15-9-5-2-6-10-15/h1-13,25H,(H,23,24). The van der Waals surface area contributed by atoms with Crippen LogP contribution in [0.2, 0.25) is 0 Å². The van der Waals surface area contributed by atoms with Gasteiger partial charge in [0, 0.05) is 11.1 Å². The van der Waals surface area contributed by atoms with Gasteiger partial charge < -0.3 is 10.1 Å². The minimum atomic E-state index is -0.424. The first-order valence-electron chi connectivity index (χ1n) is 7.92. The molecule has 4 rings (SSSR count). The van der Waals surface area contributed by atoms with E-state index < -0.39 is 5.82 Å². The second-order valence-corrected chi connectivity index (χ2v) is 5.70. The van der Waals surface area contributed by atoms with Crippen molar-refractivity contribution in [2.45, 2.75) is 0 Å². The van der Waals surface area contributed by atoms with Crippen molar-refractivity contribution >= 4 is 0 Å². The lowest BCUT2D eigenvalue weighted by atomic mass is 10.1. The van der Waals surface area contributed by atoms with E-state index in [0.29, 0.717) is 11.4 Å². The first-order chi connectivity index (χ1) is 12.2. The Kier molecular flexibility index (Phi) is 3.78. The molecule has 0 aliphatic carbocycles. The fraction of sp³-hybridized carbons (Fsp3) is 0. The van der Waals surface area contributed by atoms with Crippen molar-refractivity contribution in [3.8, 4) is 39.7 Å². The maximum atomic E-state index is 13.6. The lowest BCUT2D eigenvalue weighted by molar-refractivity contribution is 0.475. The van der Waals surface area contributed by atoms with Crippen LogP contribution in [0, 0.1) is 5.82 Å². The highest BCUT2D eigenvalue weighted by Gasteiger charge is 2.17. The molecule has 4 heteroatoms. The number of rotatable bonds is 3. The molecule has 3 nitrogen and oxygen atoms in total. The Morgan fingerprint density at radius 3 is 2.12 bits per heavy atom. The Morgan fingerprint density at radius 2 is 1.44 bits per heavy atom. The number of H-pyrrole nitrogens is 1. The largest absolute Gasteiger partial charge is 0.507 e. The van der Waals surface area contributed by atoms with Crippen molar-refractivity contribution < 1.29 is 9.50 Å². The van der Waals surface area contributed by atoms with Crippen molar-refractivity contribution in [2.24, 2.45) is 0 Å². The third-order valence-corrected chi connectivity index (χ3v) is 4.03. The number of aromatic amines is 1. The number of benzene rings is 3. The van der Waals surface area contributed by atoms with Gasteiger partial charge in [-0.05, 0) is 18.2 Å². The number of nitrogens with zero attached hydrogens (tertiary/aromatic N) is 1. The Bertz CT molecular complexity index is 954. The molecule has 0 amide bonds. The molecule has 1 heterocycles. The second-order valence-electron chi connectivity index (χ2n) is 5.70. The normalized spacial score (nSPS) is 10.8. The van der Waals surface area contributed by atoms with Gasteiger partial charge >= 0.3 is 0 Å². The Morgan fingerprint density at radius 1 is 0.800 bits per heavy atom. The minimum Gasteiger partial charge on any atom is -0.507 e. The quantitative estimate of drug-likeness (QED) is 0.538. The molecule has 3 aromatic carbocycles. The third kappa shape index (κ3) is 2.90. The lowest BCUT2D eigenvalue weighted by Crippen LogP contribution is -1.84. The van der Waals surface area contributed by atoms with Gasteiger partial charge in [-0.1, -0.05) is 60.7 Å². The highest BCUT2D eigenvalue weighted by molar-refractivity contribution is 5.82. The zero-order valence-corrected chi connectivity index (χ0v) is 13.3. The molecule has 122 valence electrons. The van der Waals surface area contributed by atoms with Crippen LogP contribution in [0.3, 0.4) is 0 Å². The molecule has 25 heavy (non-hydrogen) atoms. The molecule has 0 aliphatic heterocycles. The number of aromatic hydroxyl groups is 1. The van der Waals surface area contributed by atoms with E-state index in [9.17, 15) is 9.50 Å². The predicted octanol–water partition coefficient (Wildman–Crippen LogP) is 5.26. The van der Waals surface area contributed by atoms with E-state index >= 15 is 0 Å². The van der Waals surface area contributed by atoms with E-state index in [1.807, 2.05) is 60.7 Å². The SMILES string of the molecule is Oc1ccc(F)cc1-c1nc(-c2ccccc2)c(-c2ccccc2)[nH]1. The number of phenolic OH excluding ortho intramolecular Hbond substituents is 1. The molecule has 1 aromatic heterocycles. The van der Waals surface area contributed by atoms with Gasteiger partial charge in [0.2, 0.25) is 0 Å².